The Hall–Kier alpha value is -3.68. The van der Waals surface area contributed by atoms with Crippen LogP contribution in [0.5, 0.6) is 17.5 Å². The zero-order valence-electron chi connectivity index (χ0n) is 24.7. The number of anilines is 2. The summed E-state index contributed by atoms with van der Waals surface area (Å²) < 4.78 is 28.2. The largest absolute Gasteiger partial charge is 0.479 e. The molecule has 41 heavy (non-hydrogen) atoms. The van der Waals surface area contributed by atoms with Gasteiger partial charge >= 0.3 is 0 Å². The minimum absolute atomic E-state index is 0.0177. The Morgan fingerprint density at radius 1 is 1.20 bits per heavy atom. The highest BCUT2D eigenvalue weighted by atomic mass is 28.3. The van der Waals surface area contributed by atoms with E-state index in [1.54, 1.807) is 6.07 Å². The van der Waals surface area contributed by atoms with Crippen LogP contribution in [-0.2, 0) is 19.1 Å². The molecule has 0 saturated carbocycles. The van der Waals surface area contributed by atoms with Gasteiger partial charge in [-0.3, -0.25) is 9.59 Å². The first-order valence-corrected chi connectivity index (χ1v) is 16.8. The minimum Gasteiger partial charge on any atom is -0.479 e. The standard InChI is InChI=1S/C28H39N5O7Si/c1-8-41(6,7)20-11-9-10-18(14-20)39-22-15-21(34)24(40-22)25(35)29-23-26(36-4)30-28(31-27(23)37-5)33-12-13-38-19(17-33)16-32(2)3/h9-11,14-15,19,24H,8,12-13,16-17H2,1-7H3,(H,29,35). The van der Waals surface area contributed by atoms with Crippen LogP contribution in [0.4, 0.5) is 11.6 Å². The topological polar surface area (TPSA) is 125 Å². The number of likely N-dealkylation sites (N-methyl/N-ethyl adjacent to an activating group) is 1. The maximum absolute atomic E-state index is 13.2. The van der Waals surface area contributed by atoms with Gasteiger partial charge in [0.05, 0.1) is 41.1 Å². The zero-order valence-corrected chi connectivity index (χ0v) is 25.7. The number of carbonyl (C=O) groups excluding carboxylic acids is 2. The van der Waals surface area contributed by atoms with Crippen LogP contribution < -0.4 is 29.6 Å². The molecule has 4 rings (SSSR count). The van der Waals surface area contributed by atoms with Gasteiger partial charge < -0.3 is 38.8 Å². The third-order valence-corrected chi connectivity index (χ3v) is 10.8. The van der Waals surface area contributed by atoms with E-state index in [1.807, 2.05) is 31.1 Å². The fraction of sp³-hybridized carbons (Fsp3) is 0.500. The molecule has 12 nitrogen and oxygen atoms in total. The third-order valence-electron chi connectivity index (χ3n) is 7.16. The third kappa shape index (κ3) is 7.15. The van der Waals surface area contributed by atoms with Crippen molar-refractivity contribution < 1.29 is 33.3 Å². The molecular weight excluding hydrogens is 546 g/mol. The Morgan fingerprint density at radius 2 is 1.90 bits per heavy atom. The van der Waals surface area contributed by atoms with Crippen LogP contribution in [0.15, 0.2) is 36.3 Å². The first-order chi connectivity index (χ1) is 19.5. The fourth-order valence-corrected chi connectivity index (χ4v) is 5.99. The fourth-order valence-electron chi connectivity index (χ4n) is 4.50. The van der Waals surface area contributed by atoms with Crippen LogP contribution in [-0.4, -0.2) is 101 Å². The van der Waals surface area contributed by atoms with Crippen LogP contribution in [0, 0.1) is 0 Å². The zero-order chi connectivity index (χ0) is 29.7. The predicted molar refractivity (Wildman–Crippen MR) is 157 cm³/mol. The summed E-state index contributed by atoms with van der Waals surface area (Å²) in [6.07, 6.45) is -0.290. The van der Waals surface area contributed by atoms with Crippen LogP contribution in [0.25, 0.3) is 0 Å². The summed E-state index contributed by atoms with van der Waals surface area (Å²) in [5.74, 6) is -0.231. The number of hydrogen-bond acceptors (Lipinski definition) is 11. The van der Waals surface area contributed by atoms with E-state index in [-0.39, 0.29) is 29.5 Å². The highest BCUT2D eigenvalue weighted by Crippen LogP contribution is 2.34. The van der Waals surface area contributed by atoms with E-state index in [2.05, 4.69) is 46.3 Å². The van der Waals surface area contributed by atoms with Crippen LogP contribution >= 0.6 is 0 Å². The first-order valence-electron chi connectivity index (χ1n) is 13.6. The van der Waals surface area contributed by atoms with Crippen LogP contribution in [0.3, 0.4) is 0 Å². The Kier molecular flexibility index (Phi) is 9.51. The van der Waals surface area contributed by atoms with E-state index in [0.29, 0.717) is 31.4 Å². The number of amides is 1. The molecule has 1 saturated heterocycles. The Morgan fingerprint density at radius 3 is 2.54 bits per heavy atom. The second kappa shape index (κ2) is 12.9. The number of ketones is 1. The maximum atomic E-state index is 13.2. The second-order valence-electron chi connectivity index (χ2n) is 10.8. The SMILES string of the molecule is CC[Si](C)(C)c1cccc(OC2=CC(=O)C(C(=O)Nc3c(OC)nc(N4CCOC(CN(C)C)C4)nc3OC)O2)c1. The van der Waals surface area contributed by atoms with Crippen molar-refractivity contribution in [1.29, 1.82) is 0 Å². The number of hydrogen-bond donors (Lipinski definition) is 1. The van der Waals surface area contributed by atoms with Gasteiger partial charge in [-0.05, 0) is 26.2 Å². The van der Waals surface area contributed by atoms with Gasteiger partial charge in [0, 0.05) is 19.6 Å². The van der Waals surface area contributed by atoms with Crippen molar-refractivity contribution in [2.24, 2.45) is 0 Å². The molecule has 0 spiro atoms. The van der Waals surface area contributed by atoms with E-state index in [4.69, 9.17) is 23.7 Å². The number of nitrogens with one attached hydrogen (secondary N) is 1. The Balaban J connectivity index is 1.46. The molecule has 1 aromatic carbocycles. The summed E-state index contributed by atoms with van der Waals surface area (Å²) >= 11 is 0. The molecule has 13 heteroatoms. The van der Waals surface area contributed by atoms with Crippen molar-refractivity contribution in [1.82, 2.24) is 14.9 Å². The lowest BCUT2D eigenvalue weighted by Gasteiger charge is -2.34. The lowest BCUT2D eigenvalue weighted by Crippen LogP contribution is -2.47. The molecule has 222 valence electrons. The number of carbonyl (C=O) groups is 2. The smallest absolute Gasteiger partial charge is 0.289 e. The minimum atomic E-state index is -1.59. The molecule has 1 amide bonds. The van der Waals surface area contributed by atoms with E-state index in [1.165, 1.54) is 25.5 Å². The molecular formula is C28H39N5O7Si. The predicted octanol–water partition coefficient (Wildman–Crippen LogP) is 2.02. The molecule has 1 fully saturated rings. The number of aromatic nitrogens is 2. The molecule has 2 aromatic rings. The van der Waals surface area contributed by atoms with E-state index in [0.717, 1.165) is 12.6 Å². The summed E-state index contributed by atoms with van der Waals surface area (Å²) in [6, 6.07) is 8.83. The van der Waals surface area contributed by atoms with Crippen molar-refractivity contribution in [2.45, 2.75) is 38.3 Å². The van der Waals surface area contributed by atoms with E-state index >= 15 is 0 Å². The van der Waals surface area contributed by atoms with Gasteiger partial charge in [0.1, 0.15) is 5.75 Å². The molecule has 0 bridgehead atoms. The van der Waals surface area contributed by atoms with Crippen LogP contribution in [0.1, 0.15) is 6.92 Å². The average Bonchev–Trinajstić information content (AvgIpc) is 3.32. The van der Waals surface area contributed by atoms with Crippen molar-refractivity contribution >= 4 is 36.6 Å². The summed E-state index contributed by atoms with van der Waals surface area (Å²) in [5.41, 5.74) is 0.0899. The van der Waals surface area contributed by atoms with Gasteiger partial charge in [0.15, 0.2) is 5.69 Å². The highest BCUT2D eigenvalue weighted by Gasteiger charge is 2.37. The number of morpholine rings is 1. The van der Waals surface area contributed by atoms with Crippen molar-refractivity contribution in [2.75, 3.05) is 64.8 Å². The van der Waals surface area contributed by atoms with Gasteiger partial charge in [0.25, 0.3) is 11.9 Å². The molecule has 2 aliphatic heterocycles. The van der Waals surface area contributed by atoms with E-state index < -0.39 is 25.9 Å². The number of rotatable bonds is 11. The highest BCUT2D eigenvalue weighted by molar-refractivity contribution is 6.89. The Labute approximate surface area is 241 Å². The molecule has 0 radical (unpaired) electrons. The van der Waals surface area contributed by atoms with Crippen molar-refractivity contribution in [3.05, 3.63) is 36.3 Å². The van der Waals surface area contributed by atoms with Gasteiger partial charge in [-0.25, -0.2) is 0 Å². The number of ether oxygens (including phenoxy) is 5. The number of benzene rings is 1. The molecule has 1 N–H and O–H groups in total. The monoisotopic (exact) mass is 585 g/mol. The average molecular weight is 586 g/mol. The molecule has 0 aliphatic carbocycles. The van der Waals surface area contributed by atoms with E-state index in [9.17, 15) is 9.59 Å². The molecule has 2 atom stereocenters. The van der Waals surface area contributed by atoms with Gasteiger partial charge in [0.2, 0.25) is 29.6 Å². The molecule has 1 aromatic heterocycles. The normalized spacial score (nSPS) is 19.1. The van der Waals surface area contributed by atoms with Crippen molar-refractivity contribution in [3.8, 4) is 17.5 Å². The maximum Gasteiger partial charge on any atom is 0.289 e. The number of nitrogens with zero attached hydrogens (tertiary/aromatic N) is 4. The summed E-state index contributed by atoms with van der Waals surface area (Å²) in [4.78, 5) is 38.9. The Bertz CT molecular complexity index is 1280. The first kappa shape index (κ1) is 30.3. The molecule has 2 aliphatic rings. The quantitative estimate of drug-likeness (QED) is 0.308. The number of methoxy groups -OCH3 is 2. The summed E-state index contributed by atoms with van der Waals surface area (Å²) in [7, 11) is 5.23. The van der Waals surface area contributed by atoms with Crippen LogP contribution in [0.2, 0.25) is 19.1 Å². The van der Waals surface area contributed by atoms with Gasteiger partial charge in [-0.15, -0.1) is 0 Å². The van der Waals surface area contributed by atoms with Gasteiger partial charge in [-0.2, -0.15) is 9.97 Å². The second-order valence-corrected chi connectivity index (χ2v) is 15.9. The summed E-state index contributed by atoms with van der Waals surface area (Å²) in [6.45, 7) is 9.17. The summed E-state index contributed by atoms with van der Waals surface area (Å²) in [5, 5.41) is 3.87. The molecule has 3 heterocycles. The van der Waals surface area contributed by atoms with Crippen molar-refractivity contribution in [3.63, 3.8) is 0 Å². The van der Waals surface area contributed by atoms with Gasteiger partial charge in [-0.1, -0.05) is 43.4 Å². The lowest BCUT2D eigenvalue weighted by atomic mass is 10.2. The molecule has 2 unspecified atom stereocenters. The lowest BCUT2D eigenvalue weighted by molar-refractivity contribution is -0.134.